The topological polar surface area (TPSA) is 58.6 Å². The highest BCUT2D eigenvalue weighted by Crippen LogP contribution is 1.89. The van der Waals surface area contributed by atoms with Crippen molar-refractivity contribution in [3.63, 3.8) is 0 Å². The molecule has 0 fully saturated rings. The van der Waals surface area contributed by atoms with Crippen LogP contribution in [0, 0.1) is 0 Å². The average molecular weight is 266 g/mol. The van der Waals surface area contributed by atoms with Gasteiger partial charge in [-0.05, 0) is 20.9 Å². The van der Waals surface area contributed by atoms with E-state index in [4.69, 9.17) is 4.74 Å². The molecular formula is C11H26N2O3S. The smallest absolute Gasteiger partial charge is 0.148 e. The zero-order valence-corrected chi connectivity index (χ0v) is 12.2. The summed E-state index contributed by atoms with van der Waals surface area (Å²) in [6, 6.07) is 0. The molecule has 0 heterocycles. The lowest BCUT2D eigenvalue weighted by atomic mass is 10.4. The summed E-state index contributed by atoms with van der Waals surface area (Å²) in [6.45, 7) is 7.89. The molecule has 0 bridgehead atoms. The Morgan fingerprint density at radius 3 is 2.41 bits per heavy atom. The molecule has 0 rings (SSSR count). The molecule has 6 heteroatoms. The van der Waals surface area contributed by atoms with Crippen molar-refractivity contribution in [2.24, 2.45) is 0 Å². The first-order chi connectivity index (χ1) is 7.81. The van der Waals surface area contributed by atoms with Crippen molar-refractivity contribution in [1.82, 2.24) is 10.2 Å². The van der Waals surface area contributed by atoms with Gasteiger partial charge in [-0.3, -0.25) is 0 Å². The quantitative estimate of drug-likeness (QED) is 0.563. The van der Waals surface area contributed by atoms with Crippen LogP contribution in [-0.2, 0) is 14.6 Å². The number of sulfone groups is 1. The summed E-state index contributed by atoms with van der Waals surface area (Å²) in [5, 5.41) is 3.11. The van der Waals surface area contributed by atoms with Crippen molar-refractivity contribution in [2.45, 2.75) is 20.0 Å². The van der Waals surface area contributed by atoms with Crippen LogP contribution >= 0.6 is 0 Å². The van der Waals surface area contributed by atoms with E-state index < -0.39 is 9.84 Å². The van der Waals surface area contributed by atoms with Gasteiger partial charge >= 0.3 is 0 Å². The van der Waals surface area contributed by atoms with Crippen LogP contribution in [0.25, 0.3) is 0 Å². The van der Waals surface area contributed by atoms with Crippen LogP contribution in [0.3, 0.4) is 0 Å². The number of rotatable bonds is 10. The maximum atomic E-state index is 10.9. The van der Waals surface area contributed by atoms with Crippen molar-refractivity contribution in [2.75, 3.05) is 51.8 Å². The predicted octanol–water partition coefficient (Wildman–Crippen LogP) is -0.0226. The van der Waals surface area contributed by atoms with Gasteiger partial charge in [-0.2, -0.15) is 0 Å². The van der Waals surface area contributed by atoms with Crippen molar-refractivity contribution in [1.29, 1.82) is 0 Å². The Morgan fingerprint density at radius 2 is 1.88 bits per heavy atom. The highest BCUT2D eigenvalue weighted by Gasteiger charge is 2.02. The van der Waals surface area contributed by atoms with Gasteiger partial charge in [-0.1, -0.05) is 0 Å². The van der Waals surface area contributed by atoms with E-state index in [2.05, 4.69) is 10.2 Å². The Balaban J connectivity index is 3.36. The summed E-state index contributed by atoms with van der Waals surface area (Å²) in [7, 11) is -0.815. The minimum Gasteiger partial charge on any atom is -0.377 e. The highest BCUT2D eigenvalue weighted by atomic mass is 32.2. The second kappa shape index (κ2) is 8.85. The Bertz CT molecular complexity index is 278. The van der Waals surface area contributed by atoms with Gasteiger partial charge in [-0.15, -0.1) is 0 Å². The van der Waals surface area contributed by atoms with E-state index >= 15 is 0 Å². The van der Waals surface area contributed by atoms with Gasteiger partial charge in [0, 0.05) is 32.4 Å². The molecule has 0 spiro atoms. The predicted molar refractivity (Wildman–Crippen MR) is 71.2 cm³/mol. The molecule has 0 saturated heterocycles. The number of nitrogens with one attached hydrogen (secondary N) is 1. The Morgan fingerprint density at radius 1 is 1.24 bits per heavy atom. The molecule has 0 aromatic carbocycles. The fourth-order valence-corrected chi connectivity index (χ4v) is 1.72. The number of likely N-dealkylation sites (N-methyl/N-ethyl adjacent to an activating group) is 1. The third-order valence-electron chi connectivity index (χ3n) is 2.24. The first kappa shape index (κ1) is 16.8. The van der Waals surface area contributed by atoms with Gasteiger partial charge < -0.3 is 15.0 Å². The lowest BCUT2D eigenvalue weighted by Gasteiger charge is -2.17. The van der Waals surface area contributed by atoms with Gasteiger partial charge in [0.2, 0.25) is 0 Å². The summed E-state index contributed by atoms with van der Waals surface area (Å²) in [5.74, 6) is 0.202. The standard InChI is InChI=1S/C11H26N2O3S/c1-11(2)16-9-8-13(3)7-5-12-6-10-17(4,14)15/h11-12H,5-10H2,1-4H3. The molecule has 0 aliphatic rings. The first-order valence-corrected chi connectivity index (χ1v) is 8.06. The molecule has 0 aromatic rings. The largest absolute Gasteiger partial charge is 0.377 e. The van der Waals surface area contributed by atoms with Crippen LogP contribution in [0.4, 0.5) is 0 Å². The van der Waals surface area contributed by atoms with Crippen molar-refractivity contribution in [3.8, 4) is 0 Å². The molecule has 104 valence electrons. The molecule has 0 aliphatic heterocycles. The molecule has 0 amide bonds. The number of hydrogen-bond acceptors (Lipinski definition) is 5. The molecule has 0 saturated carbocycles. The second-order valence-corrected chi connectivity index (χ2v) is 6.86. The molecule has 17 heavy (non-hydrogen) atoms. The second-order valence-electron chi connectivity index (χ2n) is 4.60. The minimum atomic E-state index is -2.84. The zero-order valence-electron chi connectivity index (χ0n) is 11.4. The number of ether oxygens (including phenoxy) is 1. The maximum absolute atomic E-state index is 10.9. The molecule has 1 N–H and O–H groups in total. The van der Waals surface area contributed by atoms with Crippen LogP contribution in [0.2, 0.25) is 0 Å². The van der Waals surface area contributed by atoms with Crippen LogP contribution in [0.15, 0.2) is 0 Å². The van der Waals surface area contributed by atoms with E-state index in [0.717, 1.165) is 26.2 Å². The first-order valence-electron chi connectivity index (χ1n) is 6.00. The van der Waals surface area contributed by atoms with E-state index in [1.54, 1.807) is 0 Å². The Labute approximate surface area is 105 Å². The van der Waals surface area contributed by atoms with Gasteiger partial charge in [0.05, 0.1) is 18.5 Å². The molecule has 0 aromatic heterocycles. The summed E-state index contributed by atoms with van der Waals surface area (Å²) < 4.78 is 27.2. The molecule has 0 radical (unpaired) electrons. The summed E-state index contributed by atoms with van der Waals surface area (Å²) in [5.41, 5.74) is 0. The van der Waals surface area contributed by atoms with Gasteiger partial charge in [0.15, 0.2) is 0 Å². The van der Waals surface area contributed by atoms with E-state index in [1.165, 1.54) is 6.26 Å². The lowest BCUT2D eigenvalue weighted by molar-refractivity contribution is 0.0641. The minimum absolute atomic E-state index is 0.202. The van der Waals surface area contributed by atoms with Crippen molar-refractivity contribution < 1.29 is 13.2 Å². The fraction of sp³-hybridized carbons (Fsp3) is 1.00. The lowest BCUT2D eigenvalue weighted by Crippen LogP contribution is -2.33. The normalized spacial score (nSPS) is 12.6. The van der Waals surface area contributed by atoms with Crippen LogP contribution in [0.5, 0.6) is 0 Å². The van der Waals surface area contributed by atoms with Crippen LogP contribution < -0.4 is 5.32 Å². The fourth-order valence-electron chi connectivity index (χ4n) is 1.21. The van der Waals surface area contributed by atoms with Gasteiger partial charge in [0.1, 0.15) is 9.84 Å². The van der Waals surface area contributed by atoms with Crippen LogP contribution in [0.1, 0.15) is 13.8 Å². The molecule has 0 atom stereocenters. The molecule has 0 aliphatic carbocycles. The molecular weight excluding hydrogens is 240 g/mol. The van der Waals surface area contributed by atoms with Crippen molar-refractivity contribution >= 4 is 9.84 Å². The average Bonchev–Trinajstić information content (AvgIpc) is 2.14. The Kier molecular flexibility index (Phi) is 8.77. The number of hydrogen-bond donors (Lipinski definition) is 1. The monoisotopic (exact) mass is 266 g/mol. The van der Waals surface area contributed by atoms with E-state index in [1.807, 2.05) is 20.9 Å². The van der Waals surface area contributed by atoms with E-state index in [-0.39, 0.29) is 11.9 Å². The highest BCUT2D eigenvalue weighted by molar-refractivity contribution is 7.90. The van der Waals surface area contributed by atoms with E-state index in [9.17, 15) is 8.42 Å². The Hall–Kier alpha value is -0.170. The van der Waals surface area contributed by atoms with Crippen LogP contribution in [-0.4, -0.2) is 71.3 Å². The molecule has 0 unspecified atom stereocenters. The third kappa shape index (κ3) is 13.8. The van der Waals surface area contributed by atoms with Crippen molar-refractivity contribution in [3.05, 3.63) is 0 Å². The van der Waals surface area contributed by atoms with E-state index in [0.29, 0.717) is 6.54 Å². The summed E-state index contributed by atoms with van der Waals surface area (Å²) in [4.78, 5) is 2.16. The van der Waals surface area contributed by atoms with Gasteiger partial charge in [0.25, 0.3) is 0 Å². The maximum Gasteiger partial charge on any atom is 0.148 e. The summed E-state index contributed by atoms with van der Waals surface area (Å²) >= 11 is 0. The van der Waals surface area contributed by atoms with Gasteiger partial charge in [-0.25, -0.2) is 8.42 Å². The third-order valence-corrected chi connectivity index (χ3v) is 3.19. The zero-order chi connectivity index (χ0) is 13.3. The molecule has 5 nitrogen and oxygen atoms in total. The SMILES string of the molecule is CC(C)OCCN(C)CCNCCS(C)(=O)=O. The number of nitrogens with zero attached hydrogens (tertiary/aromatic N) is 1. The summed E-state index contributed by atoms with van der Waals surface area (Å²) in [6.07, 6.45) is 1.53.